The summed E-state index contributed by atoms with van der Waals surface area (Å²) < 4.78 is 0. The van der Waals surface area contributed by atoms with E-state index in [9.17, 15) is 9.59 Å². The van der Waals surface area contributed by atoms with Crippen LogP contribution in [0.2, 0.25) is 0 Å². The molecule has 2 amide bonds. The molecule has 6 nitrogen and oxygen atoms in total. The largest absolute Gasteiger partial charge is 0.387 e. The van der Waals surface area contributed by atoms with Crippen molar-refractivity contribution in [3.05, 3.63) is 24.0 Å². The maximum atomic E-state index is 12.4. The number of anilines is 1. The summed E-state index contributed by atoms with van der Waals surface area (Å²) in [6.07, 6.45) is 1.60. The summed E-state index contributed by atoms with van der Waals surface area (Å²) in [4.78, 5) is 29.9. The second-order valence-electron chi connectivity index (χ2n) is 4.95. The van der Waals surface area contributed by atoms with Gasteiger partial charge in [0.05, 0.1) is 11.9 Å². The van der Waals surface area contributed by atoms with Crippen LogP contribution in [-0.2, 0) is 4.79 Å². The van der Waals surface area contributed by atoms with Gasteiger partial charge in [-0.2, -0.15) is 0 Å². The van der Waals surface area contributed by atoms with Crippen LogP contribution in [0.1, 0.15) is 24.3 Å². The molecule has 0 aliphatic carbocycles. The molecule has 2 rings (SSSR count). The quantitative estimate of drug-likeness (QED) is 0.812. The minimum Gasteiger partial charge on any atom is -0.387 e. The van der Waals surface area contributed by atoms with Gasteiger partial charge in [0.25, 0.3) is 5.91 Å². The Morgan fingerprint density at radius 1 is 1.47 bits per heavy atom. The standard InChI is InChI=1S/C13H18N4O2/c1-13(2)12(19)15-6-7-17(13)11(18)10-5-4-9(14-3)8-16-10/h4-5,8,14H,6-7H2,1-3H3,(H,15,19). The van der Waals surface area contributed by atoms with Gasteiger partial charge in [0.2, 0.25) is 5.91 Å². The highest BCUT2D eigenvalue weighted by molar-refractivity contribution is 5.98. The zero-order valence-corrected chi connectivity index (χ0v) is 11.4. The normalized spacial score (nSPS) is 17.8. The number of piperazine rings is 1. The van der Waals surface area contributed by atoms with Gasteiger partial charge in [-0.05, 0) is 26.0 Å². The van der Waals surface area contributed by atoms with Crippen molar-refractivity contribution in [3.63, 3.8) is 0 Å². The topological polar surface area (TPSA) is 74.3 Å². The summed E-state index contributed by atoms with van der Waals surface area (Å²) in [5.41, 5.74) is 0.340. The second kappa shape index (κ2) is 4.87. The molecule has 0 atom stereocenters. The summed E-state index contributed by atoms with van der Waals surface area (Å²) in [5.74, 6) is -0.360. The Kier molecular flexibility index (Phi) is 3.42. The van der Waals surface area contributed by atoms with Crippen LogP contribution < -0.4 is 10.6 Å². The molecule has 19 heavy (non-hydrogen) atoms. The van der Waals surface area contributed by atoms with Crippen LogP contribution in [0.3, 0.4) is 0 Å². The van der Waals surface area contributed by atoms with Crippen molar-refractivity contribution in [3.8, 4) is 0 Å². The number of amides is 2. The molecule has 1 aromatic heterocycles. The van der Waals surface area contributed by atoms with Crippen LogP contribution in [0.4, 0.5) is 5.69 Å². The molecule has 1 saturated heterocycles. The molecule has 1 aromatic rings. The Hall–Kier alpha value is -2.11. The predicted molar refractivity (Wildman–Crippen MR) is 71.9 cm³/mol. The minimum atomic E-state index is -0.849. The molecule has 1 fully saturated rings. The molecule has 0 radical (unpaired) electrons. The molecule has 102 valence electrons. The molecule has 6 heteroatoms. The van der Waals surface area contributed by atoms with Crippen molar-refractivity contribution < 1.29 is 9.59 Å². The van der Waals surface area contributed by atoms with E-state index >= 15 is 0 Å². The lowest BCUT2D eigenvalue weighted by atomic mass is 9.98. The van der Waals surface area contributed by atoms with Crippen LogP contribution >= 0.6 is 0 Å². The maximum absolute atomic E-state index is 12.4. The number of hydrogen-bond donors (Lipinski definition) is 2. The van der Waals surface area contributed by atoms with Gasteiger partial charge in [0.15, 0.2) is 0 Å². The molecule has 0 bridgehead atoms. The summed E-state index contributed by atoms with van der Waals surface area (Å²) in [7, 11) is 1.79. The van der Waals surface area contributed by atoms with Crippen LogP contribution in [0.5, 0.6) is 0 Å². The van der Waals surface area contributed by atoms with Crippen molar-refractivity contribution in [1.29, 1.82) is 0 Å². The molecule has 0 spiro atoms. The van der Waals surface area contributed by atoms with Crippen LogP contribution in [-0.4, -0.2) is 47.4 Å². The van der Waals surface area contributed by atoms with Gasteiger partial charge in [0, 0.05) is 20.1 Å². The highest BCUT2D eigenvalue weighted by Gasteiger charge is 2.40. The van der Waals surface area contributed by atoms with E-state index in [-0.39, 0.29) is 11.8 Å². The third-order valence-electron chi connectivity index (χ3n) is 3.37. The first-order valence-corrected chi connectivity index (χ1v) is 6.21. The molecule has 1 aliphatic rings. The molecule has 0 aromatic carbocycles. The lowest BCUT2D eigenvalue weighted by Crippen LogP contribution is -2.63. The smallest absolute Gasteiger partial charge is 0.273 e. The minimum absolute atomic E-state index is 0.140. The second-order valence-corrected chi connectivity index (χ2v) is 4.95. The van der Waals surface area contributed by atoms with Crippen molar-refractivity contribution in [2.24, 2.45) is 0 Å². The zero-order valence-electron chi connectivity index (χ0n) is 11.4. The fraction of sp³-hybridized carbons (Fsp3) is 0.462. The number of nitrogens with one attached hydrogen (secondary N) is 2. The number of pyridine rings is 1. The zero-order chi connectivity index (χ0) is 14.0. The highest BCUT2D eigenvalue weighted by atomic mass is 16.2. The van der Waals surface area contributed by atoms with Gasteiger partial charge in [-0.15, -0.1) is 0 Å². The van der Waals surface area contributed by atoms with Gasteiger partial charge in [-0.1, -0.05) is 0 Å². The van der Waals surface area contributed by atoms with Gasteiger partial charge in [-0.3, -0.25) is 9.59 Å². The maximum Gasteiger partial charge on any atom is 0.273 e. The summed E-state index contributed by atoms with van der Waals surface area (Å²) >= 11 is 0. The van der Waals surface area contributed by atoms with E-state index in [0.29, 0.717) is 18.8 Å². The third-order valence-corrected chi connectivity index (χ3v) is 3.37. The third kappa shape index (κ3) is 2.38. The van der Waals surface area contributed by atoms with Gasteiger partial charge >= 0.3 is 0 Å². The number of carbonyl (C=O) groups excluding carboxylic acids is 2. The molecular weight excluding hydrogens is 244 g/mol. The molecule has 0 saturated carbocycles. The summed E-state index contributed by atoms with van der Waals surface area (Å²) in [6, 6.07) is 3.45. The van der Waals surface area contributed by atoms with E-state index in [0.717, 1.165) is 5.69 Å². The SMILES string of the molecule is CNc1ccc(C(=O)N2CCNC(=O)C2(C)C)nc1. The predicted octanol–water partition coefficient (Wildman–Crippen LogP) is 0.474. The van der Waals surface area contributed by atoms with E-state index in [2.05, 4.69) is 15.6 Å². The lowest BCUT2D eigenvalue weighted by Gasteiger charge is -2.40. The van der Waals surface area contributed by atoms with Gasteiger partial charge in [-0.25, -0.2) is 4.98 Å². The van der Waals surface area contributed by atoms with E-state index in [1.807, 2.05) is 0 Å². The number of hydrogen-bond acceptors (Lipinski definition) is 4. The van der Waals surface area contributed by atoms with E-state index in [1.54, 1.807) is 44.1 Å². The fourth-order valence-corrected chi connectivity index (χ4v) is 2.06. The number of rotatable bonds is 2. The first-order chi connectivity index (χ1) is 8.96. The monoisotopic (exact) mass is 262 g/mol. The van der Waals surface area contributed by atoms with Gasteiger partial charge < -0.3 is 15.5 Å². The van der Waals surface area contributed by atoms with Crippen LogP contribution in [0.25, 0.3) is 0 Å². The Labute approximate surface area is 112 Å². The number of aromatic nitrogens is 1. The highest BCUT2D eigenvalue weighted by Crippen LogP contribution is 2.20. The summed E-state index contributed by atoms with van der Waals surface area (Å²) in [6.45, 7) is 4.44. The lowest BCUT2D eigenvalue weighted by molar-refractivity contribution is -0.133. The van der Waals surface area contributed by atoms with Gasteiger partial charge in [0.1, 0.15) is 11.2 Å². The Morgan fingerprint density at radius 3 is 2.79 bits per heavy atom. The molecule has 2 heterocycles. The molecule has 0 unspecified atom stereocenters. The Morgan fingerprint density at radius 2 is 2.21 bits per heavy atom. The Bertz CT molecular complexity index is 496. The number of carbonyl (C=O) groups is 2. The average molecular weight is 262 g/mol. The first kappa shape index (κ1) is 13.3. The average Bonchev–Trinajstić information content (AvgIpc) is 2.41. The van der Waals surface area contributed by atoms with E-state index < -0.39 is 5.54 Å². The summed E-state index contributed by atoms with van der Waals surface area (Å²) in [5, 5.41) is 5.71. The van der Waals surface area contributed by atoms with Crippen molar-refractivity contribution in [2.75, 3.05) is 25.5 Å². The van der Waals surface area contributed by atoms with Crippen LogP contribution in [0.15, 0.2) is 18.3 Å². The molecular formula is C13H18N4O2. The fourth-order valence-electron chi connectivity index (χ4n) is 2.06. The molecule has 1 aliphatic heterocycles. The van der Waals surface area contributed by atoms with Crippen molar-refractivity contribution in [2.45, 2.75) is 19.4 Å². The molecule has 2 N–H and O–H groups in total. The van der Waals surface area contributed by atoms with E-state index in [1.165, 1.54) is 0 Å². The van der Waals surface area contributed by atoms with Crippen LogP contribution in [0, 0.1) is 0 Å². The van der Waals surface area contributed by atoms with Crippen molar-refractivity contribution in [1.82, 2.24) is 15.2 Å². The van der Waals surface area contributed by atoms with E-state index in [4.69, 9.17) is 0 Å². The Balaban J connectivity index is 2.24. The first-order valence-electron chi connectivity index (χ1n) is 6.21. The number of nitrogens with zero attached hydrogens (tertiary/aromatic N) is 2. The van der Waals surface area contributed by atoms with Crippen molar-refractivity contribution >= 4 is 17.5 Å².